The summed E-state index contributed by atoms with van der Waals surface area (Å²) in [6.07, 6.45) is -1.61. The Morgan fingerprint density at radius 3 is 2.62 bits per heavy atom. The van der Waals surface area contributed by atoms with E-state index in [0.29, 0.717) is 17.3 Å². The van der Waals surface area contributed by atoms with Crippen LogP contribution in [0.3, 0.4) is 0 Å². The van der Waals surface area contributed by atoms with Crippen LogP contribution in [0.1, 0.15) is 23.4 Å². The van der Waals surface area contributed by atoms with E-state index in [-0.39, 0.29) is 24.6 Å². The molecule has 0 aliphatic rings. The summed E-state index contributed by atoms with van der Waals surface area (Å²) in [5.74, 6) is -0.387. The zero-order valence-electron chi connectivity index (χ0n) is 15.2. The van der Waals surface area contributed by atoms with Crippen molar-refractivity contribution in [3.05, 3.63) is 63.7 Å². The molecular weight excluding hydrogens is 430 g/mol. The SMILES string of the molecule is Cc1c(Cl)c(C(F)(F)F)nn1CCC(=O)Nc1cnn(Cc2ccccc2Cl)c1. The van der Waals surface area contributed by atoms with E-state index in [9.17, 15) is 18.0 Å². The first kappa shape index (κ1) is 21.2. The van der Waals surface area contributed by atoms with E-state index in [4.69, 9.17) is 23.2 Å². The maximum Gasteiger partial charge on any atom is 0.436 e. The van der Waals surface area contributed by atoms with Crippen LogP contribution in [0.25, 0.3) is 0 Å². The summed E-state index contributed by atoms with van der Waals surface area (Å²) in [4.78, 5) is 12.1. The highest BCUT2D eigenvalue weighted by Crippen LogP contribution is 2.35. The average Bonchev–Trinajstić information content (AvgIpc) is 3.20. The summed E-state index contributed by atoms with van der Waals surface area (Å²) in [7, 11) is 0. The third kappa shape index (κ3) is 5.10. The number of hydrogen-bond acceptors (Lipinski definition) is 3. The minimum Gasteiger partial charge on any atom is -0.323 e. The summed E-state index contributed by atoms with van der Waals surface area (Å²) in [5.41, 5.74) is 0.340. The van der Waals surface area contributed by atoms with Crippen LogP contribution in [-0.2, 0) is 24.1 Å². The summed E-state index contributed by atoms with van der Waals surface area (Å²) >= 11 is 11.8. The molecular formula is C18H16Cl2F3N5O. The standard InChI is InChI=1S/C18H16Cl2F3N5O/c1-11-16(20)17(18(21,22)23)26-28(11)7-6-15(29)25-13-8-24-27(10-13)9-12-4-2-3-5-14(12)19/h2-5,8,10H,6-7,9H2,1H3,(H,25,29). The molecule has 11 heteroatoms. The largest absolute Gasteiger partial charge is 0.436 e. The minimum atomic E-state index is -4.65. The normalized spacial score (nSPS) is 11.7. The van der Waals surface area contributed by atoms with Gasteiger partial charge in [-0.3, -0.25) is 14.2 Å². The number of benzene rings is 1. The van der Waals surface area contributed by atoms with Gasteiger partial charge in [0.05, 0.1) is 35.7 Å². The molecule has 0 atom stereocenters. The number of carbonyl (C=O) groups excluding carboxylic acids is 1. The summed E-state index contributed by atoms with van der Waals surface area (Å²) in [5, 5.41) is 10.4. The Bertz CT molecular complexity index is 1030. The fraction of sp³-hybridized carbons (Fsp3) is 0.278. The highest BCUT2D eigenvalue weighted by molar-refractivity contribution is 6.32. The Morgan fingerprint density at radius 2 is 1.97 bits per heavy atom. The molecule has 0 spiro atoms. The Morgan fingerprint density at radius 1 is 1.24 bits per heavy atom. The number of hydrogen-bond donors (Lipinski definition) is 1. The third-order valence-corrected chi connectivity index (χ3v) is 4.98. The van der Waals surface area contributed by atoms with Crippen molar-refractivity contribution in [1.82, 2.24) is 19.6 Å². The molecule has 1 N–H and O–H groups in total. The van der Waals surface area contributed by atoms with E-state index >= 15 is 0 Å². The third-order valence-electron chi connectivity index (χ3n) is 4.16. The summed E-state index contributed by atoms with van der Waals surface area (Å²) < 4.78 is 41.3. The van der Waals surface area contributed by atoms with Crippen LogP contribution in [0.5, 0.6) is 0 Å². The van der Waals surface area contributed by atoms with Gasteiger partial charge < -0.3 is 5.32 Å². The lowest BCUT2D eigenvalue weighted by Crippen LogP contribution is -2.16. The Balaban J connectivity index is 1.58. The fourth-order valence-corrected chi connectivity index (χ4v) is 3.11. The molecule has 0 saturated heterocycles. The number of carbonyl (C=O) groups is 1. The van der Waals surface area contributed by atoms with Crippen LogP contribution in [0, 0.1) is 6.92 Å². The molecule has 0 aliphatic heterocycles. The second-order valence-corrected chi connectivity index (χ2v) is 7.07. The van der Waals surface area contributed by atoms with E-state index in [1.807, 2.05) is 18.2 Å². The second-order valence-electron chi connectivity index (χ2n) is 6.29. The molecule has 1 aromatic carbocycles. The van der Waals surface area contributed by atoms with Crippen molar-refractivity contribution in [2.24, 2.45) is 0 Å². The van der Waals surface area contributed by atoms with Gasteiger partial charge in [0.2, 0.25) is 5.91 Å². The molecule has 0 bridgehead atoms. The topological polar surface area (TPSA) is 64.7 Å². The molecule has 0 aliphatic carbocycles. The first-order valence-electron chi connectivity index (χ1n) is 8.51. The number of halogens is 5. The summed E-state index contributed by atoms with van der Waals surface area (Å²) in [6.45, 7) is 1.81. The lowest BCUT2D eigenvalue weighted by Gasteiger charge is -2.05. The van der Waals surface area contributed by atoms with E-state index in [1.54, 1.807) is 16.9 Å². The molecule has 0 radical (unpaired) electrons. The van der Waals surface area contributed by atoms with Crippen molar-refractivity contribution in [3.63, 3.8) is 0 Å². The second kappa shape index (κ2) is 8.46. The summed E-state index contributed by atoms with van der Waals surface area (Å²) in [6, 6.07) is 7.33. The first-order chi connectivity index (χ1) is 13.6. The number of anilines is 1. The predicted octanol–water partition coefficient (Wildman–Crippen LogP) is 4.79. The monoisotopic (exact) mass is 445 g/mol. The van der Waals surface area contributed by atoms with E-state index in [0.717, 1.165) is 10.2 Å². The first-order valence-corrected chi connectivity index (χ1v) is 9.26. The van der Waals surface area contributed by atoms with E-state index in [1.165, 1.54) is 13.1 Å². The highest BCUT2D eigenvalue weighted by Gasteiger charge is 2.38. The van der Waals surface area contributed by atoms with Crippen molar-refractivity contribution in [1.29, 1.82) is 0 Å². The van der Waals surface area contributed by atoms with Gasteiger partial charge in [0.15, 0.2) is 5.69 Å². The Labute approximate surface area is 174 Å². The molecule has 2 aromatic heterocycles. The van der Waals surface area contributed by atoms with Crippen LogP contribution in [0.2, 0.25) is 10.0 Å². The van der Waals surface area contributed by atoms with Crippen molar-refractivity contribution in [2.45, 2.75) is 32.6 Å². The molecule has 6 nitrogen and oxygen atoms in total. The van der Waals surface area contributed by atoms with Gasteiger partial charge in [0, 0.05) is 17.6 Å². The van der Waals surface area contributed by atoms with E-state index in [2.05, 4.69) is 15.5 Å². The van der Waals surface area contributed by atoms with Gasteiger partial charge >= 0.3 is 6.18 Å². The molecule has 154 valence electrons. The number of aromatic nitrogens is 4. The van der Waals surface area contributed by atoms with Gasteiger partial charge in [-0.1, -0.05) is 41.4 Å². The van der Waals surface area contributed by atoms with Gasteiger partial charge in [-0.15, -0.1) is 0 Å². The fourth-order valence-electron chi connectivity index (χ4n) is 2.67. The van der Waals surface area contributed by atoms with Crippen LogP contribution < -0.4 is 5.32 Å². The number of rotatable bonds is 6. The zero-order valence-corrected chi connectivity index (χ0v) is 16.7. The molecule has 3 rings (SSSR count). The highest BCUT2D eigenvalue weighted by atomic mass is 35.5. The number of alkyl halides is 3. The van der Waals surface area contributed by atoms with Gasteiger partial charge in [0.25, 0.3) is 0 Å². The van der Waals surface area contributed by atoms with Crippen LogP contribution in [0.15, 0.2) is 36.7 Å². The Hall–Kier alpha value is -2.52. The van der Waals surface area contributed by atoms with Crippen LogP contribution in [-0.4, -0.2) is 25.5 Å². The number of nitrogens with zero attached hydrogens (tertiary/aromatic N) is 4. The lowest BCUT2D eigenvalue weighted by molar-refractivity contribution is -0.141. The maximum absolute atomic E-state index is 12.9. The molecule has 3 aromatic rings. The van der Waals surface area contributed by atoms with Crippen molar-refractivity contribution in [2.75, 3.05) is 5.32 Å². The Kier molecular flexibility index (Phi) is 6.18. The molecule has 1 amide bonds. The number of amides is 1. The number of nitrogens with one attached hydrogen (secondary N) is 1. The van der Waals surface area contributed by atoms with Gasteiger partial charge in [-0.25, -0.2) is 0 Å². The minimum absolute atomic E-state index is 0.0404. The van der Waals surface area contributed by atoms with Gasteiger partial charge in [-0.05, 0) is 18.6 Å². The zero-order chi connectivity index (χ0) is 21.2. The maximum atomic E-state index is 12.9. The molecule has 29 heavy (non-hydrogen) atoms. The van der Waals surface area contributed by atoms with E-state index < -0.39 is 16.9 Å². The molecule has 2 heterocycles. The predicted molar refractivity (Wildman–Crippen MR) is 103 cm³/mol. The quantitative estimate of drug-likeness (QED) is 0.592. The molecule has 0 fully saturated rings. The van der Waals surface area contributed by atoms with Crippen LogP contribution >= 0.6 is 23.2 Å². The average molecular weight is 446 g/mol. The van der Waals surface area contributed by atoms with Crippen molar-refractivity contribution < 1.29 is 18.0 Å². The smallest absolute Gasteiger partial charge is 0.323 e. The van der Waals surface area contributed by atoms with Crippen molar-refractivity contribution in [3.8, 4) is 0 Å². The molecule has 0 unspecified atom stereocenters. The van der Waals surface area contributed by atoms with Gasteiger partial charge in [0.1, 0.15) is 0 Å². The number of aryl methyl sites for hydroxylation is 1. The van der Waals surface area contributed by atoms with Crippen molar-refractivity contribution >= 4 is 34.8 Å². The van der Waals surface area contributed by atoms with Gasteiger partial charge in [-0.2, -0.15) is 23.4 Å². The lowest BCUT2D eigenvalue weighted by atomic mass is 10.2. The molecule has 0 saturated carbocycles. The van der Waals surface area contributed by atoms with Crippen LogP contribution in [0.4, 0.5) is 18.9 Å².